The second kappa shape index (κ2) is 8.75. The Hall–Kier alpha value is -3.42. The van der Waals surface area contributed by atoms with Crippen LogP contribution in [0.25, 0.3) is 44.5 Å². The molecule has 5 aromatic rings. The molecule has 0 aliphatic carbocycles. The summed E-state index contributed by atoms with van der Waals surface area (Å²) < 4.78 is 10.5. The van der Waals surface area contributed by atoms with E-state index in [-0.39, 0.29) is 0 Å². The number of halogens is 1. The van der Waals surface area contributed by atoms with Gasteiger partial charge in [-0.3, -0.25) is 0 Å². The van der Waals surface area contributed by atoms with Gasteiger partial charge >= 0.3 is 0 Å². The van der Waals surface area contributed by atoms with Gasteiger partial charge in [-0.15, -0.1) is 0 Å². The van der Waals surface area contributed by atoms with Crippen LogP contribution in [0.1, 0.15) is 1.37 Å². The van der Waals surface area contributed by atoms with E-state index in [4.69, 9.17) is 0 Å². The first-order valence-electron chi connectivity index (χ1n) is 10.8. The van der Waals surface area contributed by atoms with Crippen molar-refractivity contribution in [2.75, 3.05) is 0 Å². The van der Waals surface area contributed by atoms with Crippen molar-refractivity contribution in [3.8, 4) is 44.5 Å². The molecule has 0 aromatic heterocycles. The summed E-state index contributed by atoms with van der Waals surface area (Å²) in [7, 11) is 0. The van der Waals surface area contributed by atoms with Gasteiger partial charge in [-0.2, -0.15) is 0 Å². The summed E-state index contributed by atoms with van der Waals surface area (Å²) in [6.07, 6.45) is 0. The van der Waals surface area contributed by atoms with Crippen molar-refractivity contribution in [1.82, 2.24) is 0 Å². The van der Waals surface area contributed by atoms with Crippen LogP contribution < -0.4 is 0 Å². The van der Waals surface area contributed by atoms with Gasteiger partial charge in [-0.05, 0) is 62.7 Å². The predicted molar refractivity (Wildman–Crippen MR) is 136 cm³/mol. The van der Waals surface area contributed by atoms with Crippen LogP contribution in [-0.4, -0.2) is 0 Å². The Morgan fingerprint density at radius 2 is 0.839 bits per heavy atom. The van der Waals surface area contributed by atoms with Gasteiger partial charge in [0.2, 0.25) is 0 Å². The van der Waals surface area contributed by atoms with Crippen molar-refractivity contribution in [2.45, 2.75) is 0 Å². The molecule has 0 unspecified atom stereocenters. The molecule has 5 aromatic carbocycles. The zero-order valence-electron chi connectivity index (χ0n) is 17.9. The Morgan fingerprint density at radius 3 is 1.35 bits per heavy atom. The summed E-state index contributed by atoms with van der Waals surface area (Å²) >= 11 is 3.75. The third-order valence-corrected chi connectivity index (χ3v) is 6.14. The SMILES string of the molecule is [2H]c1c(-c2ccccc2)c(-c2ccccc2)cc(-c2ccccc2Br)c1-c1ccccc1. The van der Waals surface area contributed by atoms with E-state index < -0.39 is 0 Å². The highest BCUT2D eigenvalue weighted by Crippen LogP contribution is 2.43. The molecule has 31 heavy (non-hydrogen) atoms. The first kappa shape index (κ1) is 18.4. The average molecular weight is 462 g/mol. The lowest BCUT2D eigenvalue weighted by molar-refractivity contribution is 1.53. The molecule has 0 saturated heterocycles. The van der Waals surface area contributed by atoms with E-state index in [1.165, 1.54) is 0 Å². The minimum Gasteiger partial charge on any atom is -0.0622 e. The van der Waals surface area contributed by atoms with Gasteiger partial charge in [0.25, 0.3) is 0 Å². The fourth-order valence-electron chi connectivity index (χ4n) is 3.95. The standard InChI is InChI=1S/C30H21Br/c31-30-19-11-10-18-25(30)29-21-27(23-14-6-2-7-15-23)26(22-12-4-1-5-13-22)20-28(29)24-16-8-3-9-17-24/h1-21H/i20D. The summed E-state index contributed by atoms with van der Waals surface area (Å²) in [5.41, 5.74) is 8.28. The van der Waals surface area contributed by atoms with Crippen LogP contribution >= 0.6 is 15.9 Å². The van der Waals surface area contributed by atoms with Gasteiger partial charge in [-0.25, -0.2) is 0 Å². The predicted octanol–water partition coefficient (Wildman–Crippen LogP) is 9.12. The van der Waals surface area contributed by atoms with E-state index in [9.17, 15) is 1.37 Å². The number of rotatable bonds is 4. The van der Waals surface area contributed by atoms with Crippen LogP contribution in [0.3, 0.4) is 0 Å². The molecular weight excluding hydrogens is 440 g/mol. The molecule has 1 heteroatoms. The van der Waals surface area contributed by atoms with E-state index in [2.05, 4.69) is 82.7 Å². The second-order valence-corrected chi connectivity index (χ2v) is 8.28. The van der Waals surface area contributed by atoms with Crippen molar-refractivity contribution < 1.29 is 1.37 Å². The van der Waals surface area contributed by atoms with Crippen molar-refractivity contribution >= 4 is 15.9 Å². The Balaban J connectivity index is 1.93. The molecule has 0 heterocycles. The minimum atomic E-state index is 0.537. The van der Waals surface area contributed by atoms with Gasteiger partial charge < -0.3 is 0 Å². The Morgan fingerprint density at radius 1 is 0.419 bits per heavy atom. The molecule has 0 fully saturated rings. The van der Waals surface area contributed by atoms with Gasteiger partial charge in [0, 0.05) is 4.47 Å². The van der Waals surface area contributed by atoms with Crippen LogP contribution in [0.2, 0.25) is 0 Å². The zero-order valence-corrected chi connectivity index (χ0v) is 18.5. The summed E-state index contributed by atoms with van der Waals surface area (Å²) in [5, 5.41) is 0. The van der Waals surface area contributed by atoms with Gasteiger partial charge in [0.1, 0.15) is 0 Å². The monoisotopic (exact) mass is 461 g/mol. The molecular formula is C30H21Br. The maximum atomic E-state index is 9.46. The van der Waals surface area contributed by atoms with E-state index in [1.807, 2.05) is 54.6 Å². The topological polar surface area (TPSA) is 0 Å². The highest BCUT2D eigenvalue weighted by Gasteiger charge is 2.16. The maximum absolute atomic E-state index is 9.46. The highest BCUT2D eigenvalue weighted by molar-refractivity contribution is 9.10. The van der Waals surface area contributed by atoms with Crippen molar-refractivity contribution in [3.63, 3.8) is 0 Å². The third-order valence-electron chi connectivity index (χ3n) is 5.45. The lowest BCUT2D eigenvalue weighted by atomic mass is 9.86. The molecule has 5 rings (SSSR count). The fraction of sp³-hybridized carbons (Fsp3) is 0. The molecule has 0 amide bonds. The second-order valence-electron chi connectivity index (χ2n) is 7.42. The Bertz CT molecular complexity index is 1360. The largest absolute Gasteiger partial charge is 0.0636 e. The average Bonchev–Trinajstić information content (AvgIpc) is 2.85. The highest BCUT2D eigenvalue weighted by atomic mass is 79.9. The molecule has 0 saturated carbocycles. The van der Waals surface area contributed by atoms with E-state index in [0.29, 0.717) is 6.04 Å². The zero-order chi connectivity index (χ0) is 21.9. The van der Waals surface area contributed by atoms with Crippen molar-refractivity contribution in [1.29, 1.82) is 0 Å². The van der Waals surface area contributed by atoms with Crippen molar-refractivity contribution in [2.24, 2.45) is 0 Å². The maximum Gasteiger partial charge on any atom is 0.0636 e. The molecule has 0 radical (unpaired) electrons. The summed E-state index contributed by atoms with van der Waals surface area (Å²) in [6, 6.07) is 41.9. The molecule has 148 valence electrons. The van der Waals surface area contributed by atoms with Gasteiger partial charge in [0.15, 0.2) is 0 Å². The fourth-order valence-corrected chi connectivity index (χ4v) is 4.45. The normalized spacial score (nSPS) is 11.2. The van der Waals surface area contributed by atoms with Crippen LogP contribution in [0, 0.1) is 0 Å². The number of benzene rings is 5. The van der Waals surface area contributed by atoms with E-state index >= 15 is 0 Å². The molecule has 0 N–H and O–H groups in total. The molecule has 0 aliphatic rings. The van der Waals surface area contributed by atoms with Crippen LogP contribution in [0.15, 0.2) is 132 Å². The van der Waals surface area contributed by atoms with Gasteiger partial charge in [-0.1, -0.05) is 125 Å². The van der Waals surface area contributed by atoms with E-state index in [1.54, 1.807) is 0 Å². The minimum absolute atomic E-state index is 0.537. The summed E-state index contributed by atoms with van der Waals surface area (Å²) in [5.74, 6) is 0. The Labute approximate surface area is 193 Å². The first-order valence-corrected chi connectivity index (χ1v) is 11.1. The molecule has 0 spiro atoms. The number of hydrogen-bond acceptors (Lipinski definition) is 0. The third kappa shape index (κ3) is 3.97. The smallest absolute Gasteiger partial charge is 0.0622 e. The van der Waals surface area contributed by atoms with Crippen LogP contribution in [0.5, 0.6) is 0 Å². The van der Waals surface area contributed by atoms with E-state index in [0.717, 1.165) is 49.0 Å². The van der Waals surface area contributed by atoms with Crippen LogP contribution in [-0.2, 0) is 0 Å². The molecule has 0 aliphatic heterocycles. The molecule has 0 nitrogen and oxygen atoms in total. The first-order chi connectivity index (χ1) is 15.7. The number of hydrogen-bond donors (Lipinski definition) is 0. The quantitative estimate of drug-likeness (QED) is 0.250. The lowest BCUT2D eigenvalue weighted by Crippen LogP contribution is -1.92. The molecule has 0 bridgehead atoms. The van der Waals surface area contributed by atoms with Gasteiger partial charge in [0.05, 0.1) is 1.37 Å². The lowest BCUT2D eigenvalue weighted by Gasteiger charge is -2.19. The van der Waals surface area contributed by atoms with Crippen molar-refractivity contribution in [3.05, 3.63) is 132 Å². The van der Waals surface area contributed by atoms with Crippen LogP contribution in [0.4, 0.5) is 0 Å². The summed E-state index contributed by atoms with van der Waals surface area (Å²) in [6.45, 7) is 0. The Kier molecular flexibility index (Phi) is 5.18. The summed E-state index contributed by atoms with van der Waals surface area (Å²) in [4.78, 5) is 0. The molecule has 0 atom stereocenters.